The molecule has 0 aliphatic heterocycles. The first-order valence-corrected chi connectivity index (χ1v) is 8.50. The smallest absolute Gasteiger partial charge is 0.251 e. The van der Waals surface area contributed by atoms with Gasteiger partial charge in [-0.05, 0) is 50.2 Å². The summed E-state index contributed by atoms with van der Waals surface area (Å²) in [7, 11) is 4.09. The maximum atomic E-state index is 12.2. The van der Waals surface area contributed by atoms with Gasteiger partial charge in [0, 0.05) is 18.7 Å². The van der Waals surface area contributed by atoms with E-state index in [1.54, 1.807) is 0 Å². The number of hydrogen-bond acceptors (Lipinski definition) is 3. The van der Waals surface area contributed by atoms with E-state index in [0.717, 1.165) is 25.3 Å². The van der Waals surface area contributed by atoms with E-state index in [1.165, 1.54) is 12.8 Å². The molecule has 0 fully saturated rings. The van der Waals surface area contributed by atoms with Gasteiger partial charge in [0.25, 0.3) is 5.91 Å². The van der Waals surface area contributed by atoms with E-state index in [9.17, 15) is 4.79 Å². The van der Waals surface area contributed by atoms with Gasteiger partial charge in [-0.1, -0.05) is 33.6 Å². The van der Waals surface area contributed by atoms with Crippen LogP contribution in [0.3, 0.4) is 0 Å². The Kier molecular flexibility index (Phi) is 8.10. The molecule has 130 valence electrons. The molecule has 0 radical (unpaired) electrons. The zero-order valence-corrected chi connectivity index (χ0v) is 15.3. The van der Waals surface area contributed by atoms with Gasteiger partial charge in [-0.15, -0.1) is 0 Å². The second-order valence-corrected chi connectivity index (χ2v) is 7.16. The van der Waals surface area contributed by atoms with Crippen LogP contribution in [0.4, 0.5) is 0 Å². The number of hydrogen-bond donors (Lipinski definition) is 1. The Hall–Kier alpha value is -1.55. The van der Waals surface area contributed by atoms with E-state index in [1.807, 2.05) is 38.4 Å². The summed E-state index contributed by atoms with van der Waals surface area (Å²) in [4.78, 5) is 14.4. The SMILES string of the molecule is CCCCCOc1ccc(C(=O)NCC(C)(C)CN(C)C)cc1. The van der Waals surface area contributed by atoms with Crippen molar-refractivity contribution >= 4 is 5.91 Å². The Bertz CT molecular complexity index is 467. The number of carbonyl (C=O) groups excluding carboxylic acids is 1. The van der Waals surface area contributed by atoms with E-state index in [-0.39, 0.29) is 11.3 Å². The highest BCUT2D eigenvalue weighted by Crippen LogP contribution is 2.16. The van der Waals surface area contributed by atoms with Crippen LogP contribution in [0.2, 0.25) is 0 Å². The zero-order chi connectivity index (χ0) is 17.3. The number of rotatable bonds is 10. The number of unbranched alkanes of at least 4 members (excludes halogenated alkanes) is 2. The van der Waals surface area contributed by atoms with Crippen LogP contribution in [0.5, 0.6) is 5.75 Å². The second-order valence-electron chi connectivity index (χ2n) is 7.16. The summed E-state index contributed by atoms with van der Waals surface area (Å²) < 4.78 is 5.66. The Balaban J connectivity index is 2.44. The molecule has 0 unspecified atom stereocenters. The van der Waals surface area contributed by atoms with Crippen molar-refractivity contribution < 1.29 is 9.53 Å². The Morgan fingerprint density at radius 2 is 1.83 bits per heavy atom. The van der Waals surface area contributed by atoms with Crippen molar-refractivity contribution in [2.24, 2.45) is 5.41 Å². The second kappa shape index (κ2) is 9.56. The van der Waals surface area contributed by atoms with Crippen LogP contribution >= 0.6 is 0 Å². The van der Waals surface area contributed by atoms with Crippen LogP contribution in [0.25, 0.3) is 0 Å². The number of nitrogens with one attached hydrogen (secondary N) is 1. The summed E-state index contributed by atoms with van der Waals surface area (Å²) in [6.45, 7) is 8.80. The number of amides is 1. The lowest BCUT2D eigenvalue weighted by atomic mass is 9.93. The highest BCUT2D eigenvalue weighted by Gasteiger charge is 2.20. The maximum Gasteiger partial charge on any atom is 0.251 e. The first kappa shape index (κ1) is 19.5. The molecule has 1 rings (SSSR count). The van der Waals surface area contributed by atoms with Gasteiger partial charge in [0.2, 0.25) is 0 Å². The van der Waals surface area contributed by atoms with Crippen molar-refractivity contribution in [2.75, 3.05) is 33.8 Å². The molecule has 23 heavy (non-hydrogen) atoms. The average Bonchev–Trinajstić information content (AvgIpc) is 2.49. The van der Waals surface area contributed by atoms with Crippen LogP contribution in [0.1, 0.15) is 50.4 Å². The molecular weight excluding hydrogens is 288 g/mol. The molecule has 0 spiro atoms. The topological polar surface area (TPSA) is 41.6 Å². The van der Waals surface area contributed by atoms with Crippen LogP contribution in [0.15, 0.2) is 24.3 Å². The summed E-state index contributed by atoms with van der Waals surface area (Å²) in [5.74, 6) is 0.792. The molecular formula is C19H32N2O2. The number of benzene rings is 1. The van der Waals surface area contributed by atoms with Crippen molar-refractivity contribution in [3.8, 4) is 5.75 Å². The molecule has 0 aromatic heterocycles. The van der Waals surface area contributed by atoms with E-state index in [4.69, 9.17) is 4.74 Å². The van der Waals surface area contributed by atoms with E-state index in [0.29, 0.717) is 12.1 Å². The van der Waals surface area contributed by atoms with Crippen LogP contribution in [-0.2, 0) is 0 Å². The van der Waals surface area contributed by atoms with E-state index in [2.05, 4.69) is 31.0 Å². The molecule has 4 heteroatoms. The van der Waals surface area contributed by atoms with Gasteiger partial charge in [0.05, 0.1) is 6.61 Å². The molecule has 1 aromatic carbocycles. The Morgan fingerprint density at radius 3 is 2.39 bits per heavy atom. The van der Waals surface area contributed by atoms with E-state index < -0.39 is 0 Å². The van der Waals surface area contributed by atoms with Crippen molar-refractivity contribution in [1.29, 1.82) is 0 Å². The standard InChI is InChI=1S/C19H32N2O2/c1-6-7-8-13-23-17-11-9-16(10-12-17)18(22)20-14-19(2,3)15-21(4)5/h9-12H,6-8,13-15H2,1-5H3,(H,20,22). The van der Waals surface area contributed by atoms with Crippen LogP contribution < -0.4 is 10.1 Å². The monoisotopic (exact) mass is 320 g/mol. The van der Waals surface area contributed by atoms with Gasteiger partial charge in [-0.2, -0.15) is 0 Å². The lowest BCUT2D eigenvalue weighted by molar-refractivity contribution is 0.0929. The highest BCUT2D eigenvalue weighted by atomic mass is 16.5. The molecule has 1 N–H and O–H groups in total. The van der Waals surface area contributed by atoms with Crippen molar-refractivity contribution in [2.45, 2.75) is 40.0 Å². The molecule has 0 aliphatic carbocycles. The normalized spacial score (nSPS) is 11.6. The molecule has 0 saturated heterocycles. The molecule has 1 aromatic rings. The van der Waals surface area contributed by atoms with Crippen LogP contribution in [-0.4, -0.2) is 44.6 Å². The minimum atomic E-state index is -0.0330. The zero-order valence-electron chi connectivity index (χ0n) is 15.3. The summed E-state index contributed by atoms with van der Waals surface area (Å²) in [5, 5.41) is 3.02. The van der Waals surface area contributed by atoms with Crippen molar-refractivity contribution in [3.63, 3.8) is 0 Å². The Morgan fingerprint density at radius 1 is 1.17 bits per heavy atom. The highest BCUT2D eigenvalue weighted by molar-refractivity contribution is 5.94. The maximum absolute atomic E-state index is 12.2. The van der Waals surface area contributed by atoms with Gasteiger partial charge >= 0.3 is 0 Å². The fourth-order valence-corrected chi connectivity index (χ4v) is 2.58. The first-order chi connectivity index (χ1) is 10.8. The average molecular weight is 320 g/mol. The van der Waals surface area contributed by atoms with Gasteiger partial charge in [0.15, 0.2) is 0 Å². The fraction of sp³-hybridized carbons (Fsp3) is 0.632. The predicted molar refractivity (Wildman–Crippen MR) is 96.1 cm³/mol. The van der Waals surface area contributed by atoms with Crippen LogP contribution in [0, 0.1) is 5.41 Å². The van der Waals surface area contributed by atoms with Crippen molar-refractivity contribution in [3.05, 3.63) is 29.8 Å². The van der Waals surface area contributed by atoms with Crippen molar-refractivity contribution in [1.82, 2.24) is 10.2 Å². The lowest BCUT2D eigenvalue weighted by Crippen LogP contribution is -2.39. The molecule has 0 atom stereocenters. The molecule has 0 aliphatic rings. The minimum absolute atomic E-state index is 0.0330. The third-order valence-electron chi connectivity index (χ3n) is 3.60. The largest absolute Gasteiger partial charge is 0.494 e. The van der Waals surface area contributed by atoms with Gasteiger partial charge in [-0.25, -0.2) is 0 Å². The van der Waals surface area contributed by atoms with Gasteiger partial charge in [-0.3, -0.25) is 4.79 Å². The molecule has 4 nitrogen and oxygen atoms in total. The molecule has 1 amide bonds. The molecule has 0 saturated carbocycles. The third-order valence-corrected chi connectivity index (χ3v) is 3.60. The predicted octanol–water partition coefficient (Wildman–Crippen LogP) is 3.57. The summed E-state index contributed by atoms with van der Waals surface area (Å²) in [5.41, 5.74) is 0.716. The fourth-order valence-electron chi connectivity index (χ4n) is 2.58. The quantitative estimate of drug-likeness (QED) is 0.670. The van der Waals surface area contributed by atoms with Gasteiger partial charge in [0.1, 0.15) is 5.75 Å². The first-order valence-electron chi connectivity index (χ1n) is 8.50. The number of ether oxygens (including phenoxy) is 1. The number of carbonyl (C=O) groups is 1. The lowest BCUT2D eigenvalue weighted by Gasteiger charge is -2.28. The third kappa shape index (κ3) is 8.03. The Labute approximate surface area is 141 Å². The minimum Gasteiger partial charge on any atom is -0.494 e. The van der Waals surface area contributed by atoms with Gasteiger partial charge < -0.3 is 15.0 Å². The number of nitrogens with zero attached hydrogens (tertiary/aromatic N) is 1. The molecule has 0 heterocycles. The summed E-state index contributed by atoms with van der Waals surface area (Å²) in [6, 6.07) is 7.38. The van der Waals surface area contributed by atoms with E-state index >= 15 is 0 Å². The molecule has 0 bridgehead atoms. The summed E-state index contributed by atoms with van der Waals surface area (Å²) >= 11 is 0. The summed E-state index contributed by atoms with van der Waals surface area (Å²) in [6.07, 6.45) is 3.44.